The molecule has 0 bridgehead atoms. The number of thioether (sulfide) groups is 1. The highest BCUT2D eigenvalue weighted by molar-refractivity contribution is 7.99. The number of aryl methyl sites for hydroxylation is 2. The van der Waals surface area contributed by atoms with Gasteiger partial charge < -0.3 is 9.47 Å². The molecule has 0 spiro atoms. The first-order valence-corrected chi connectivity index (χ1v) is 10.9. The Kier molecular flexibility index (Phi) is 4.85. The molecule has 3 heterocycles. The van der Waals surface area contributed by atoms with Crippen LogP contribution in [-0.4, -0.2) is 37.5 Å². The van der Waals surface area contributed by atoms with Crippen molar-refractivity contribution in [1.82, 2.24) is 19.7 Å². The molecule has 2 aromatic carbocycles. The summed E-state index contributed by atoms with van der Waals surface area (Å²) in [7, 11) is 1.84. The number of hydrogen-bond acceptors (Lipinski definition) is 5. The Labute approximate surface area is 181 Å². The summed E-state index contributed by atoms with van der Waals surface area (Å²) in [6.07, 6.45) is 1.53. The SMILES string of the molecule is C[C@@H]1CCc2cc(F)ccc2N1C(=O)CSc1nnc2c3cc(F)ccc3n(C)c2n1. The number of anilines is 1. The zero-order chi connectivity index (χ0) is 21.7. The summed E-state index contributed by atoms with van der Waals surface area (Å²) in [5.74, 6) is -0.598. The van der Waals surface area contributed by atoms with Crippen LogP contribution in [0.2, 0.25) is 0 Å². The summed E-state index contributed by atoms with van der Waals surface area (Å²) in [5.41, 5.74) is 3.52. The van der Waals surface area contributed by atoms with E-state index < -0.39 is 0 Å². The lowest BCUT2D eigenvalue weighted by molar-refractivity contribution is -0.116. The van der Waals surface area contributed by atoms with Gasteiger partial charge in [-0.1, -0.05) is 11.8 Å². The summed E-state index contributed by atoms with van der Waals surface area (Å²) >= 11 is 1.20. The molecule has 0 aliphatic carbocycles. The van der Waals surface area contributed by atoms with E-state index in [9.17, 15) is 13.6 Å². The first kappa shape index (κ1) is 19.9. The Hall–Kier alpha value is -3.07. The normalized spacial score (nSPS) is 16.1. The number of hydrogen-bond donors (Lipinski definition) is 0. The van der Waals surface area contributed by atoms with Crippen LogP contribution in [0.25, 0.3) is 22.1 Å². The summed E-state index contributed by atoms with van der Waals surface area (Å²) in [6, 6.07) is 9.08. The predicted molar refractivity (Wildman–Crippen MR) is 116 cm³/mol. The topological polar surface area (TPSA) is 63.9 Å². The van der Waals surface area contributed by atoms with Gasteiger partial charge in [0, 0.05) is 24.2 Å². The molecular formula is C22H19F2N5OS. The van der Waals surface area contributed by atoms with Crippen LogP contribution in [0.5, 0.6) is 0 Å². The molecule has 0 saturated carbocycles. The highest BCUT2D eigenvalue weighted by atomic mass is 32.2. The first-order chi connectivity index (χ1) is 14.9. The van der Waals surface area contributed by atoms with E-state index in [1.54, 1.807) is 17.0 Å². The van der Waals surface area contributed by atoms with Gasteiger partial charge in [-0.05, 0) is 61.7 Å². The summed E-state index contributed by atoms with van der Waals surface area (Å²) < 4.78 is 29.1. The number of fused-ring (bicyclic) bond motifs is 4. The average Bonchev–Trinajstić information content (AvgIpc) is 3.03. The average molecular weight is 439 g/mol. The molecule has 2 aromatic heterocycles. The minimum absolute atomic E-state index is 0.0284. The molecule has 1 amide bonds. The highest BCUT2D eigenvalue weighted by Gasteiger charge is 2.28. The third kappa shape index (κ3) is 3.42. The van der Waals surface area contributed by atoms with Gasteiger partial charge in [0.15, 0.2) is 5.65 Å². The fraction of sp³-hybridized carbons (Fsp3) is 0.273. The highest BCUT2D eigenvalue weighted by Crippen LogP contribution is 2.32. The van der Waals surface area contributed by atoms with Crippen molar-refractivity contribution in [2.45, 2.75) is 31.0 Å². The Morgan fingerprint density at radius 1 is 1.16 bits per heavy atom. The molecule has 1 aliphatic rings. The smallest absolute Gasteiger partial charge is 0.237 e. The first-order valence-electron chi connectivity index (χ1n) is 9.94. The third-order valence-corrected chi connectivity index (χ3v) is 6.53. The quantitative estimate of drug-likeness (QED) is 0.447. The molecule has 1 aliphatic heterocycles. The Balaban J connectivity index is 1.40. The molecule has 5 rings (SSSR count). The van der Waals surface area contributed by atoms with Crippen LogP contribution in [0.15, 0.2) is 41.6 Å². The Morgan fingerprint density at radius 2 is 1.94 bits per heavy atom. The number of carbonyl (C=O) groups is 1. The van der Waals surface area contributed by atoms with Crippen molar-refractivity contribution in [1.29, 1.82) is 0 Å². The minimum Gasteiger partial charge on any atom is -0.327 e. The van der Waals surface area contributed by atoms with Gasteiger partial charge in [0.2, 0.25) is 11.1 Å². The Morgan fingerprint density at radius 3 is 2.77 bits per heavy atom. The van der Waals surface area contributed by atoms with E-state index in [2.05, 4.69) is 15.2 Å². The summed E-state index contributed by atoms with van der Waals surface area (Å²) in [5, 5.41) is 9.39. The van der Waals surface area contributed by atoms with Gasteiger partial charge in [0.25, 0.3) is 0 Å². The van der Waals surface area contributed by atoms with Crippen molar-refractivity contribution in [2.24, 2.45) is 7.05 Å². The molecule has 0 N–H and O–H groups in total. The van der Waals surface area contributed by atoms with Crippen molar-refractivity contribution in [2.75, 3.05) is 10.7 Å². The third-order valence-electron chi connectivity index (χ3n) is 5.71. The second-order valence-corrected chi connectivity index (χ2v) is 8.64. The second kappa shape index (κ2) is 7.56. The Bertz CT molecular complexity index is 1340. The molecular weight excluding hydrogens is 420 g/mol. The zero-order valence-corrected chi connectivity index (χ0v) is 17.8. The maximum absolute atomic E-state index is 13.7. The lowest BCUT2D eigenvalue weighted by Crippen LogP contribution is -2.43. The van der Waals surface area contributed by atoms with Crippen molar-refractivity contribution < 1.29 is 13.6 Å². The van der Waals surface area contributed by atoms with Crippen LogP contribution >= 0.6 is 11.8 Å². The molecule has 6 nitrogen and oxygen atoms in total. The van der Waals surface area contributed by atoms with E-state index in [0.717, 1.165) is 29.6 Å². The minimum atomic E-state index is -0.346. The van der Waals surface area contributed by atoms with Crippen LogP contribution in [0.1, 0.15) is 18.9 Å². The lowest BCUT2D eigenvalue weighted by Gasteiger charge is -2.35. The molecule has 31 heavy (non-hydrogen) atoms. The number of amides is 1. The van der Waals surface area contributed by atoms with Crippen LogP contribution in [-0.2, 0) is 18.3 Å². The van der Waals surface area contributed by atoms with Crippen LogP contribution in [0.4, 0.5) is 14.5 Å². The largest absolute Gasteiger partial charge is 0.327 e. The van der Waals surface area contributed by atoms with E-state index in [1.807, 2.05) is 18.5 Å². The molecule has 0 unspecified atom stereocenters. The number of aromatic nitrogens is 4. The van der Waals surface area contributed by atoms with Gasteiger partial charge in [-0.3, -0.25) is 4.79 Å². The van der Waals surface area contributed by atoms with Gasteiger partial charge in [0.1, 0.15) is 17.2 Å². The fourth-order valence-corrected chi connectivity index (χ4v) is 4.81. The molecule has 1 atom stereocenters. The summed E-state index contributed by atoms with van der Waals surface area (Å²) in [4.78, 5) is 19.3. The van der Waals surface area contributed by atoms with Crippen LogP contribution < -0.4 is 4.90 Å². The second-order valence-electron chi connectivity index (χ2n) is 7.70. The molecule has 4 aromatic rings. The predicted octanol–water partition coefficient (Wildman–Crippen LogP) is 4.25. The molecule has 0 saturated heterocycles. The number of carbonyl (C=O) groups excluding carboxylic acids is 1. The number of benzene rings is 2. The standard InChI is InChI=1S/C22H19F2N5OS/c1-12-3-4-13-9-14(23)5-7-17(13)29(12)19(30)11-31-22-25-21-20(26-27-22)16-10-15(24)6-8-18(16)28(21)2/h5-10,12H,3-4,11H2,1-2H3/t12-/m1/s1. The molecule has 0 fully saturated rings. The van der Waals surface area contributed by atoms with Gasteiger partial charge in [-0.25, -0.2) is 13.8 Å². The van der Waals surface area contributed by atoms with Gasteiger partial charge >= 0.3 is 0 Å². The van der Waals surface area contributed by atoms with Crippen molar-refractivity contribution in [3.05, 3.63) is 53.6 Å². The van der Waals surface area contributed by atoms with E-state index in [1.165, 1.54) is 36.0 Å². The zero-order valence-electron chi connectivity index (χ0n) is 17.0. The van der Waals surface area contributed by atoms with Gasteiger partial charge in [0.05, 0.1) is 11.3 Å². The van der Waals surface area contributed by atoms with E-state index >= 15 is 0 Å². The fourth-order valence-electron chi connectivity index (χ4n) is 4.17. The lowest BCUT2D eigenvalue weighted by atomic mass is 9.96. The number of halogens is 2. The molecule has 9 heteroatoms. The summed E-state index contributed by atoms with van der Waals surface area (Å²) in [6.45, 7) is 1.99. The van der Waals surface area contributed by atoms with E-state index in [4.69, 9.17) is 0 Å². The van der Waals surface area contributed by atoms with Crippen molar-refractivity contribution >= 4 is 45.4 Å². The molecule has 158 valence electrons. The molecule has 0 radical (unpaired) electrons. The van der Waals surface area contributed by atoms with Crippen molar-refractivity contribution in [3.8, 4) is 0 Å². The van der Waals surface area contributed by atoms with Crippen LogP contribution in [0, 0.1) is 11.6 Å². The van der Waals surface area contributed by atoms with E-state index in [0.29, 0.717) is 21.7 Å². The maximum Gasteiger partial charge on any atom is 0.237 e. The van der Waals surface area contributed by atoms with Crippen LogP contribution in [0.3, 0.4) is 0 Å². The maximum atomic E-state index is 13.7. The van der Waals surface area contributed by atoms with Gasteiger partial charge in [-0.15, -0.1) is 10.2 Å². The monoisotopic (exact) mass is 439 g/mol. The number of rotatable bonds is 3. The van der Waals surface area contributed by atoms with Gasteiger partial charge in [-0.2, -0.15) is 0 Å². The van der Waals surface area contributed by atoms with E-state index in [-0.39, 0.29) is 29.3 Å². The number of nitrogens with zero attached hydrogens (tertiary/aromatic N) is 5. The van der Waals surface area contributed by atoms with Crippen molar-refractivity contribution in [3.63, 3.8) is 0 Å².